The Morgan fingerprint density at radius 2 is 1.96 bits per heavy atom. The molecule has 1 aromatic heterocycles. The largest absolute Gasteiger partial charge is 0.370 e. The molecule has 7 heteroatoms. The van der Waals surface area contributed by atoms with E-state index in [2.05, 4.69) is 15.6 Å². The number of nitrogens with one attached hydrogen (secondary N) is 2. The van der Waals surface area contributed by atoms with Crippen molar-refractivity contribution in [2.45, 2.75) is 19.9 Å². The van der Waals surface area contributed by atoms with Crippen LogP contribution in [-0.4, -0.2) is 29.5 Å². The summed E-state index contributed by atoms with van der Waals surface area (Å²) in [6.07, 6.45) is 1.80. The summed E-state index contributed by atoms with van der Waals surface area (Å²) in [5.74, 6) is 0.293. The molecule has 1 heterocycles. The Morgan fingerprint density at radius 3 is 2.64 bits per heavy atom. The number of hydrogen-bond acceptors (Lipinski definition) is 3. The predicted molar refractivity (Wildman–Crippen MR) is 113 cm³/mol. The van der Waals surface area contributed by atoms with Crippen LogP contribution in [0.4, 0.5) is 20.7 Å². The molecule has 0 saturated heterocycles. The van der Waals surface area contributed by atoms with E-state index in [4.69, 9.17) is 11.6 Å². The van der Waals surface area contributed by atoms with E-state index < -0.39 is 5.82 Å². The number of carbonyl (C=O) groups excluding carboxylic acids is 1. The van der Waals surface area contributed by atoms with E-state index in [-0.39, 0.29) is 17.1 Å². The highest BCUT2D eigenvalue weighted by atomic mass is 35.5. The van der Waals surface area contributed by atoms with Gasteiger partial charge in [-0.2, -0.15) is 0 Å². The summed E-state index contributed by atoms with van der Waals surface area (Å²) in [4.78, 5) is 18.8. The van der Waals surface area contributed by atoms with Crippen molar-refractivity contribution < 1.29 is 9.18 Å². The maximum atomic E-state index is 13.3. The average molecular weight is 401 g/mol. The van der Waals surface area contributed by atoms with Crippen molar-refractivity contribution in [1.82, 2.24) is 9.88 Å². The molecule has 2 N–H and O–H groups in total. The Hall–Kier alpha value is -2.86. The third-order valence-electron chi connectivity index (χ3n) is 4.69. The highest BCUT2D eigenvalue weighted by Gasteiger charge is 2.21. The molecule has 0 saturated carbocycles. The Balaban J connectivity index is 1.86. The zero-order valence-electron chi connectivity index (χ0n) is 16.0. The van der Waals surface area contributed by atoms with E-state index in [9.17, 15) is 9.18 Å². The first kappa shape index (κ1) is 19.9. The molecule has 2 aromatic carbocycles. The van der Waals surface area contributed by atoms with Crippen LogP contribution in [0.2, 0.25) is 5.02 Å². The van der Waals surface area contributed by atoms with Gasteiger partial charge in [-0.1, -0.05) is 35.9 Å². The first-order valence-corrected chi connectivity index (χ1v) is 9.40. The van der Waals surface area contributed by atoms with E-state index in [0.717, 1.165) is 28.7 Å². The van der Waals surface area contributed by atoms with Gasteiger partial charge in [-0.05, 0) is 37.4 Å². The maximum Gasteiger partial charge on any atom is 0.322 e. The fraction of sp³-hybridized carbons (Fsp3) is 0.238. The minimum absolute atomic E-state index is 0.0392. The standard InChI is InChI=1S/C21H22ClFN4O/c1-4-24-20-16-8-6-5-7-15(16)17(12-25-20)13(2)27(3)21(28)26-14-9-10-19(23)18(22)11-14/h5-13H,4H2,1-3H3,(H,24,25)(H,26,28). The van der Waals surface area contributed by atoms with E-state index in [1.165, 1.54) is 18.2 Å². The highest BCUT2D eigenvalue weighted by Crippen LogP contribution is 2.31. The number of anilines is 2. The van der Waals surface area contributed by atoms with Crippen LogP contribution < -0.4 is 10.6 Å². The lowest BCUT2D eigenvalue weighted by Crippen LogP contribution is -2.33. The number of hydrogen-bond donors (Lipinski definition) is 2. The zero-order valence-corrected chi connectivity index (χ0v) is 16.7. The van der Waals surface area contributed by atoms with Crippen molar-refractivity contribution in [3.8, 4) is 0 Å². The minimum atomic E-state index is -0.528. The lowest BCUT2D eigenvalue weighted by atomic mass is 10.0. The lowest BCUT2D eigenvalue weighted by molar-refractivity contribution is 0.208. The summed E-state index contributed by atoms with van der Waals surface area (Å²) >= 11 is 5.79. The van der Waals surface area contributed by atoms with Crippen LogP contribution in [0.15, 0.2) is 48.7 Å². The molecule has 28 heavy (non-hydrogen) atoms. The number of halogens is 2. The second-order valence-corrected chi connectivity index (χ2v) is 6.89. The highest BCUT2D eigenvalue weighted by molar-refractivity contribution is 6.31. The molecule has 3 rings (SSSR count). The van der Waals surface area contributed by atoms with Gasteiger partial charge < -0.3 is 15.5 Å². The van der Waals surface area contributed by atoms with Crippen LogP contribution in [0, 0.1) is 5.82 Å². The van der Waals surface area contributed by atoms with Gasteiger partial charge >= 0.3 is 6.03 Å². The average Bonchev–Trinajstić information content (AvgIpc) is 2.70. The number of rotatable bonds is 5. The third kappa shape index (κ3) is 4.02. The molecule has 1 atom stereocenters. The predicted octanol–water partition coefficient (Wildman–Crippen LogP) is 5.68. The third-order valence-corrected chi connectivity index (χ3v) is 4.98. The van der Waals surface area contributed by atoms with Crippen LogP contribution in [-0.2, 0) is 0 Å². The maximum absolute atomic E-state index is 13.3. The van der Waals surface area contributed by atoms with Gasteiger partial charge in [0, 0.05) is 36.4 Å². The molecular formula is C21H22ClFN4O. The van der Waals surface area contributed by atoms with Gasteiger partial charge in [-0.15, -0.1) is 0 Å². The van der Waals surface area contributed by atoms with Crippen LogP contribution in [0.25, 0.3) is 10.8 Å². The number of amides is 2. The number of fused-ring (bicyclic) bond motifs is 1. The molecule has 0 aliphatic carbocycles. The topological polar surface area (TPSA) is 57.3 Å². The molecule has 1 unspecified atom stereocenters. The van der Waals surface area contributed by atoms with E-state index >= 15 is 0 Å². The van der Waals surface area contributed by atoms with E-state index in [1.807, 2.05) is 38.1 Å². The molecule has 0 fully saturated rings. The van der Waals surface area contributed by atoms with Gasteiger partial charge in [0.25, 0.3) is 0 Å². The van der Waals surface area contributed by atoms with Crippen LogP contribution in [0.3, 0.4) is 0 Å². The molecule has 146 valence electrons. The van der Waals surface area contributed by atoms with E-state index in [1.54, 1.807) is 18.1 Å². The molecule has 0 bridgehead atoms. The Bertz CT molecular complexity index is 1010. The number of benzene rings is 2. The van der Waals surface area contributed by atoms with Crippen molar-refractivity contribution in [1.29, 1.82) is 0 Å². The molecule has 0 radical (unpaired) electrons. The second kappa shape index (κ2) is 8.44. The summed E-state index contributed by atoms with van der Waals surface area (Å²) in [6.45, 7) is 4.73. The van der Waals surface area contributed by atoms with Crippen LogP contribution in [0.5, 0.6) is 0 Å². The monoisotopic (exact) mass is 400 g/mol. The van der Waals surface area contributed by atoms with Crippen molar-refractivity contribution in [3.05, 3.63) is 65.1 Å². The Morgan fingerprint density at radius 1 is 1.25 bits per heavy atom. The molecule has 3 aromatic rings. The summed E-state index contributed by atoms with van der Waals surface area (Å²) in [6, 6.07) is 11.5. The summed E-state index contributed by atoms with van der Waals surface area (Å²) in [5.41, 5.74) is 1.37. The summed E-state index contributed by atoms with van der Waals surface area (Å²) < 4.78 is 13.3. The molecular weight excluding hydrogens is 379 g/mol. The fourth-order valence-electron chi connectivity index (χ4n) is 3.03. The van der Waals surface area contributed by atoms with Gasteiger partial charge in [-0.3, -0.25) is 0 Å². The van der Waals surface area contributed by atoms with Crippen molar-refractivity contribution in [2.24, 2.45) is 0 Å². The van der Waals surface area contributed by atoms with Crippen molar-refractivity contribution in [3.63, 3.8) is 0 Å². The summed E-state index contributed by atoms with van der Waals surface area (Å²) in [5, 5.41) is 8.01. The number of urea groups is 1. The number of nitrogens with zero attached hydrogens (tertiary/aromatic N) is 2. The Kier molecular flexibility index (Phi) is 5.99. The minimum Gasteiger partial charge on any atom is -0.370 e. The molecule has 2 amide bonds. The van der Waals surface area contributed by atoms with Gasteiger partial charge in [0.15, 0.2) is 0 Å². The number of aromatic nitrogens is 1. The van der Waals surface area contributed by atoms with Gasteiger partial charge in [0.05, 0.1) is 11.1 Å². The van der Waals surface area contributed by atoms with Crippen molar-refractivity contribution in [2.75, 3.05) is 24.2 Å². The number of pyridine rings is 1. The van der Waals surface area contributed by atoms with Crippen LogP contribution >= 0.6 is 11.6 Å². The smallest absolute Gasteiger partial charge is 0.322 e. The van der Waals surface area contributed by atoms with Gasteiger partial charge in [-0.25, -0.2) is 14.2 Å². The normalized spacial score (nSPS) is 11.9. The van der Waals surface area contributed by atoms with Gasteiger partial charge in [0.1, 0.15) is 11.6 Å². The molecule has 0 spiro atoms. The quantitative estimate of drug-likeness (QED) is 0.578. The Labute approximate surface area is 168 Å². The van der Waals surface area contributed by atoms with Crippen LogP contribution in [0.1, 0.15) is 25.5 Å². The van der Waals surface area contributed by atoms with Gasteiger partial charge in [0.2, 0.25) is 0 Å². The van der Waals surface area contributed by atoms with E-state index in [0.29, 0.717) is 5.69 Å². The first-order valence-electron chi connectivity index (χ1n) is 9.02. The number of carbonyl (C=O) groups is 1. The zero-order chi connectivity index (χ0) is 20.3. The molecule has 0 aliphatic rings. The fourth-order valence-corrected chi connectivity index (χ4v) is 3.21. The SMILES string of the molecule is CCNc1ncc(C(C)N(C)C(=O)Nc2ccc(F)c(Cl)c2)c2ccccc12. The first-order chi connectivity index (χ1) is 13.4. The second-order valence-electron chi connectivity index (χ2n) is 6.48. The molecule has 0 aliphatic heterocycles. The van der Waals surface area contributed by atoms with Crippen molar-refractivity contribution >= 4 is 39.9 Å². The summed E-state index contributed by atoms with van der Waals surface area (Å²) in [7, 11) is 1.71. The molecule has 5 nitrogen and oxygen atoms in total. The lowest BCUT2D eigenvalue weighted by Gasteiger charge is -2.27.